The van der Waals surface area contributed by atoms with E-state index in [1.165, 1.54) is 11.0 Å². The van der Waals surface area contributed by atoms with Gasteiger partial charge in [-0.2, -0.15) is 0 Å². The van der Waals surface area contributed by atoms with Crippen molar-refractivity contribution in [1.29, 1.82) is 0 Å². The number of sulfone groups is 1. The van der Waals surface area contributed by atoms with Crippen molar-refractivity contribution in [3.8, 4) is 0 Å². The van der Waals surface area contributed by atoms with Crippen LogP contribution in [0, 0.1) is 12.9 Å². The second-order valence-corrected chi connectivity index (χ2v) is 9.59. The molecule has 30 heavy (non-hydrogen) atoms. The summed E-state index contributed by atoms with van der Waals surface area (Å²) in [7, 11) is -0.0835. The van der Waals surface area contributed by atoms with Gasteiger partial charge in [-0.15, -0.1) is 0 Å². The Morgan fingerprint density at radius 2 is 2.00 bits per heavy atom. The summed E-state index contributed by atoms with van der Waals surface area (Å²) in [4.78, 5) is 37.4. The van der Waals surface area contributed by atoms with Gasteiger partial charge in [0.05, 0.1) is 30.3 Å². The molecule has 0 aliphatic carbocycles. The number of imide groups is 1. The highest BCUT2D eigenvalue weighted by Gasteiger charge is 2.36. The molecule has 0 spiro atoms. The van der Waals surface area contributed by atoms with E-state index in [2.05, 4.69) is 11.8 Å². The zero-order valence-electron chi connectivity index (χ0n) is 16.4. The lowest BCUT2D eigenvalue weighted by Gasteiger charge is -2.23. The number of cyclic esters (lactones) is 1. The number of amides is 3. The third-order valence-corrected chi connectivity index (χ3v) is 6.99. The first-order valence-electron chi connectivity index (χ1n) is 9.33. The van der Waals surface area contributed by atoms with Crippen molar-refractivity contribution in [3.63, 3.8) is 0 Å². The zero-order chi connectivity index (χ0) is 22.1. The highest BCUT2D eigenvalue weighted by molar-refractivity contribution is 7.91. The summed E-state index contributed by atoms with van der Waals surface area (Å²) in [6.45, 7) is 0.951. The predicted molar refractivity (Wildman–Crippen MR) is 104 cm³/mol. The van der Waals surface area contributed by atoms with Crippen LogP contribution in [0.1, 0.15) is 31.2 Å². The number of carbonyl (C=O) groups excluding carboxylic acids is 3. The van der Waals surface area contributed by atoms with Gasteiger partial charge in [0.2, 0.25) is 5.91 Å². The van der Waals surface area contributed by atoms with Crippen molar-refractivity contribution in [1.82, 2.24) is 4.90 Å². The molecule has 2 heterocycles. The Kier molecular flexibility index (Phi) is 6.30. The molecule has 9 nitrogen and oxygen atoms in total. The lowest BCUT2D eigenvalue weighted by molar-refractivity contribution is -0.127. The molecule has 1 aromatic rings. The molecule has 1 atom stereocenters. The van der Waals surface area contributed by atoms with Gasteiger partial charge in [-0.05, 0) is 36.5 Å². The van der Waals surface area contributed by atoms with Crippen molar-refractivity contribution in [2.24, 2.45) is 0 Å². The largest absolute Gasteiger partial charge is 0.445 e. The SMILES string of the molecule is [CH2]OC(=O)N(C[C@H]1CN(c2ccc(C3CCS(=O)(=O)CC3)c(F)c2)C(=O)O1)C(C)=O. The van der Waals surface area contributed by atoms with E-state index in [9.17, 15) is 27.2 Å². The fourth-order valence-electron chi connectivity index (χ4n) is 3.66. The highest BCUT2D eigenvalue weighted by Crippen LogP contribution is 2.33. The van der Waals surface area contributed by atoms with Crippen molar-refractivity contribution >= 4 is 33.6 Å². The highest BCUT2D eigenvalue weighted by atomic mass is 32.2. The average Bonchev–Trinajstić information content (AvgIpc) is 3.06. The summed E-state index contributed by atoms with van der Waals surface area (Å²) in [6, 6.07) is 4.32. The molecule has 0 saturated carbocycles. The Bertz CT molecular complexity index is 952. The number of nitrogens with zero attached hydrogens (tertiary/aromatic N) is 2. The summed E-state index contributed by atoms with van der Waals surface area (Å²) >= 11 is 0. The summed E-state index contributed by atoms with van der Waals surface area (Å²) in [5, 5.41) is 0. The van der Waals surface area contributed by atoms with Gasteiger partial charge in [-0.1, -0.05) is 6.07 Å². The fourth-order valence-corrected chi connectivity index (χ4v) is 5.15. The van der Waals surface area contributed by atoms with E-state index in [1.54, 1.807) is 12.1 Å². The Morgan fingerprint density at radius 3 is 2.57 bits per heavy atom. The summed E-state index contributed by atoms with van der Waals surface area (Å²) < 4.78 is 47.4. The maximum Gasteiger partial charge on any atom is 0.416 e. The fraction of sp³-hybridized carbons (Fsp3) is 0.474. The number of hydrogen-bond acceptors (Lipinski definition) is 7. The first kappa shape index (κ1) is 22.0. The number of hydrogen-bond donors (Lipinski definition) is 0. The van der Waals surface area contributed by atoms with Gasteiger partial charge in [0.25, 0.3) is 0 Å². The maximum absolute atomic E-state index is 14.7. The molecule has 2 saturated heterocycles. The lowest BCUT2D eigenvalue weighted by Crippen LogP contribution is -2.41. The van der Waals surface area contributed by atoms with Crippen LogP contribution in [0.15, 0.2) is 18.2 Å². The quantitative estimate of drug-likeness (QED) is 0.704. The number of ether oxygens (including phenoxy) is 2. The monoisotopic (exact) mass is 441 g/mol. The van der Waals surface area contributed by atoms with Crippen LogP contribution in [0.3, 0.4) is 0 Å². The van der Waals surface area contributed by atoms with E-state index < -0.39 is 39.9 Å². The Balaban J connectivity index is 1.70. The third-order valence-electron chi connectivity index (χ3n) is 5.27. The minimum atomic E-state index is -3.05. The topological polar surface area (TPSA) is 110 Å². The number of carbonyl (C=O) groups is 3. The standard InChI is InChI=1S/C19H22FN2O7S/c1-12(23)21(18(24)28-2)10-15-11-22(19(25)29-15)14-3-4-16(17(20)9-14)13-5-7-30(26,27)8-6-13/h3-4,9,13,15H,2,5-8,10-11H2,1H3/t15-/m0/s1. The van der Waals surface area contributed by atoms with E-state index in [-0.39, 0.29) is 36.2 Å². The van der Waals surface area contributed by atoms with Crippen LogP contribution in [0.4, 0.5) is 19.7 Å². The molecule has 3 amide bonds. The van der Waals surface area contributed by atoms with E-state index in [0.29, 0.717) is 18.4 Å². The average molecular weight is 441 g/mol. The number of anilines is 1. The van der Waals surface area contributed by atoms with Gasteiger partial charge < -0.3 is 9.47 Å². The minimum Gasteiger partial charge on any atom is -0.445 e. The molecule has 1 radical (unpaired) electrons. The van der Waals surface area contributed by atoms with Crippen LogP contribution >= 0.6 is 0 Å². The molecule has 2 aliphatic heterocycles. The maximum atomic E-state index is 14.7. The summed E-state index contributed by atoms with van der Waals surface area (Å²) in [6.07, 6.45) is -1.80. The van der Waals surface area contributed by atoms with E-state index >= 15 is 0 Å². The molecular weight excluding hydrogens is 419 g/mol. The van der Waals surface area contributed by atoms with Crippen LogP contribution in [-0.4, -0.2) is 62.1 Å². The van der Waals surface area contributed by atoms with E-state index in [4.69, 9.17) is 4.74 Å². The summed E-state index contributed by atoms with van der Waals surface area (Å²) in [5.74, 6) is -1.26. The molecule has 0 N–H and O–H groups in total. The van der Waals surface area contributed by atoms with Gasteiger partial charge in [0.1, 0.15) is 28.9 Å². The van der Waals surface area contributed by atoms with Crippen LogP contribution in [-0.2, 0) is 24.1 Å². The molecule has 3 rings (SSSR count). The van der Waals surface area contributed by atoms with Gasteiger partial charge in [0.15, 0.2) is 0 Å². The molecule has 1 aromatic carbocycles. The van der Waals surface area contributed by atoms with Gasteiger partial charge in [-0.3, -0.25) is 9.69 Å². The smallest absolute Gasteiger partial charge is 0.416 e. The molecule has 0 bridgehead atoms. The molecule has 163 valence electrons. The van der Waals surface area contributed by atoms with Gasteiger partial charge >= 0.3 is 12.2 Å². The van der Waals surface area contributed by atoms with Gasteiger partial charge in [0, 0.05) is 6.92 Å². The first-order chi connectivity index (χ1) is 14.1. The number of halogens is 1. The van der Waals surface area contributed by atoms with Gasteiger partial charge in [-0.25, -0.2) is 27.3 Å². The van der Waals surface area contributed by atoms with Crippen LogP contribution in [0.25, 0.3) is 0 Å². The summed E-state index contributed by atoms with van der Waals surface area (Å²) in [5.41, 5.74) is 0.681. The van der Waals surface area contributed by atoms with Crippen molar-refractivity contribution < 1.29 is 36.7 Å². The van der Waals surface area contributed by atoms with E-state index in [0.717, 1.165) is 11.8 Å². The lowest BCUT2D eigenvalue weighted by atomic mass is 9.93. The number of benzene rings is 1. The Morgan fingerprint density at radius 1 is 1.33 bits per heavy atom. The molecule has 0 unspecified atom stereocenters. The van der Waals surface area contributed by atoms with Crippen molar-refractivity contribution in [3.05, 3.63) is 36.7 Å². The van der Waals surface area contributed by atoms with Crippen molar-refractivity contribution in [2.45, 2.75) is 31.8 Å². The molecule has 11 heteroatoms. The molecule has 2 aliphatic rings. The van der Waals surface area contributed by atoms with Crippen LogP contribution in [0.5, 0.6) is 0 Å². The van der Waals surface area contributed by atoms with Crippen LogP contribution < -0.4 is 4.90 Å². The molecule has 0 aromatic heterocycles. The van der Waals surface area contributed by atoms with E-state index in [1.807, 2.05) is 0 Å². The Hall–Kier alpha value is -2.69. The number of rotatable bonds is 4. The molecule has 2 fully saturated rings. The first-order valence-corrected chi connectivity index (χ1v) is 11.2. The molecular formula is C19H22FN2O7S. The second-order valence-electron chi connectivity index (χ2n) is 7.29. The Labute approximate surface area is 173 Å². The zero-order valence-corrected chi connectivity index (χ0v) is 17.2. The third kappa shape index (κ3) is 4.72. The predicted octanol–water partition coefficient (Wildman–Crippen LogP) is 2.22. The second kappa shape index (κ2) is 8.58. The van der Waals surface area contributed by atoms with Crippen molar-refractivity contribution in [2.75, 3.05) is 29.5 Å². The minimum absolute atomic E-state index is 0.00744. The normalized spacial score (nSPS) is 21.2. The van der Waals surface area contributed by atoms with Crippen LogP contribution in [0.2, 0.25) is 0 Å².